The molecule has 6 nitrogen and oxygen atoms in total. The highest BCUT2D eigenvalue weighted by Crippen LogP contribution is 2.11. The van der Waals surface area contributed by atoms with Crippen molar-refractivity contribution in [3.8, 4) is 0 Å². The first-order valence-corrected chi connectivity index (χ1v) is 5.19. The van der Waals surface area contributed by atoms with Crippen LogP contribution in [0.4, 0.5) is 0 Å². The highest BCUT2D eigenvalue weighted by Gasteiger charge is 2.26. The molecule has 17 heavy (non-hydrogen) atoms. The molecular formula is C11H22O6. The van der Waals surface area contributed by atoms with Gasteiger partial charge in [0.15, 0.2) is 0 Å². The van der Waals surface area contributed by atoms with E-state index in [0.29, 0.717) is 12.2 Å². The number of hydrogen-bond donors (Lipinski definition) is 4. The number of carbonyl (C=O) groups excluding carboxylic acids is 1. The van der Waals surface area contributed by atoms with Gasteiger partial charge in [0.05, 0.1) is 38.4 Å². The van der Waals surface area contributed by atoms with E-state index < -0.39 is 31.8 Å². The molecule has 0 amide bonds. The summed E-state index contributed by atoms with van der Waals surface area (Å²) < 4.78 is 4.56. The Labute approximate surface area is 101 Å². The maximum absolute atomic E-state index is 10.4. The monoisotopic (exact) mass is 250 g/mol. The molecule has 0 fully saturated rings. The fourth-order valence-corrected chi connectivity index (χ4v) is 0.554. The smallest absolute Gasteiger partial charge is 0.333 e. The summed E-state index contributed by atoms with van der Waals surface area (Å²) in [6.07, 6.45) is 0. The van der Waals surface area contributed by atoms with Gasteiger partial charge in [0, 0.05) is 5.57 Å². The van der Waals surface area contributed by atoms with E-state index in [1.165, 1.54) is 0 Å². The molecule has 6 heteroatoms. The van der Waals surface area contributed by atoms with Crippen molar-refractivity contribution in [3.05, 3.63) is 12.2 Å². The Balaban J connectivity index is 0. The Bertz CT molecular complexity index is 204. The lowest BCUT2D eigenvalue weighted by Gasteiger charge is -2.23. The summed E-state index contributed by atoms with van der Waals surface area (Å²) in [4.78, 5) is 10.4. The molecule has 0 atom stereocenters. The van der Waals surface area contributed by atoms with Gasteiger partial charge in [-0.2, -0.15) is 0 Å². The zero-order chi connectivity index (χ0) is 13.9. The maximum Gasteiger partial charge on any atom is 0.333 e. The van der Waals surface area contributed by atoms with Crippen molar-refractivity contribution in [3.63, 3.8) is 0 Å². The minimum Gasteiger partial charge on any atom is -0.463 e. The van der Waals surface area contributed by atoms with E-state index in [9.17, 15) is 4.79 Å². The van der Waals surface area contributed by atoms with E-state index in [2.05, 4.69) is 11.3 Å². The van der Waals surface area contributed by atoms with Crippen LogP contribution in [0, 0.1) is 5.41 Å². The second-order valence-electron chi connectivity index (χ2n) is 3.63. The Kier molecular flexibility index (Phi) is 11.1. The van der Waals surface area contributed by atoms with E-state index >= 15 is 0 Å². The van der Waals surface area contributed by atoms with Crippen molar-refractivity contribution in [1.29, 1.82) is 0 Å². The van der Waals surface area contributed by atoms with Gasteiger partial charge in [0.1, 0.15) is 0 Å². The molecule has 0 bridgehead atoms. The molecule has 0 aromatic heterocycles. The van der Waals surface area contributed by atoms with Crippen molar-refractivity contribution in [1.82, 2.24) is 0 Å². The predicted molar refractivity (Wildman–Crippen MR) is 62.2 cm³/mol. The Morgan fingerprint density at radius 1 is 1.12 bits per heavy atom. The molecule has 0 spiro atoms. The fraction of sp³-hybridized carbons (Fsp3) is 0.727. The van der Waals surface area contributed by atoms with E-state index in [1.54, 1.807) is 13.8 Å². The van der Waals surface area contributed by atoms with Gasteiger partial charge in [-0.3, -0.25) is 0 Å². The molecular weight excluding hydrogens is 228 g/mol. The molecule has 0 radical (unpaired) electrons. The van der Waals surface area contributed by atoms with Crippen molar-refractivity contribution in [2.75, 3.05) is 33.0 Å². The van der Waals surface area contributed by atoms with Gasteiger partial charge in [0.2, 0.25) is 0 Å². The summed E-state index contributed by atoms with van der Waals surface area (Å²) >= 11 is 0. The number of rotatable bonds is 6. The number of aliphatic hydroxyl groups is 4. The van der Waals surface area contributed by atoms with Gasteiger partial charge < -0.3 is 25.2 Å². The van der Waals surface area contributed by atoms with Gasteiger partial charge >= 0.3 is 5.97 Å². The van der Waals surface area contributed by atoms with Crippen molar-refractivity contribution in [2.24, 2.45) is 5.41 Å². The lowest BCUT2D eigenvalue weighted by molar-refractivity contribution is -0.138. The van der Waals surface area contributed by atoms with Crippen LogP contribution in [0.1, 0.15) is 13.8 Å². The summed E-state index contributed by atoms with van der Waals surface area (Å²) in [5.41, 5.74) is -0.660. The lowest BCUT2D eigenvalue weighted by atomic mass is 9.93. The van der Waals surface area contributed by atoms with Crippen molar-refractivity contribution >= 4 is 5.97 Å². The minimum absolute atomic E-state index is 0.312. The van der Waals surface area contributed by atoms with Crippen LogP contribution in [0.15, 0.2) is 12.2 Å². The van der Waals surface area contributed by atoms with Gasteiger partial charge in [-0.1, -0.05) is 6.58 Å². The third-order valence-electron chi connectivity index (χ3n) is 1.97. The summed E-state index contributed by atoms with van der Waals surface area (Å²) in [6.45, 7) is 5.58. The molecule has 0 unspecified atom stereocenters. The van der Waals surface area contributed by atoms with E-state index in [-0.39, 0.29) is 5.97 Å². The fourth-order valence-electron chi connectivity index (χ4n) is 0.554. The molecule has 0 rings (SSSR count). The molecule has 0 aromatic carbocycles. The third kappa shape index (κ3) is 7.87. The number of aliphatic hydroxyl groups excluding tert-OH is 4. The number of ether oxygens (including phenoxy) is 1. The van der Waals surface area contributed by atoms with Gasteiger partial charge in [0.25, 0.3) is 0 Å². The quantitative estimate of drug-likeness (QED) is 0.358. The largest absolute Gasteiger partial charge is 0.463 e. The Morgan fingerprint density at radius 2 is 1.47 bits per heavy atom. The summed E-state index contributed by atoms with van der Waals surface area (Å²) in [5, 5.41) is 34.0. The number of carbonyl (C=O) groups is 1. The van der Waals surface area contributed by atoms with Crippen LogP contribution >= 0.6 is 0 Å². The van der Waals surface area contributed by atoms with E-state index in [4.69, 9.17) is 20.4 Å². The first-order valence-electron chi connectivity index (χ1n) is 5.19. The first kappa shape index (κ1) is 18.4. The highest BCUT2D eigenvalue weighted by molar-refractivity contribution is 5.86. The highest BCUT2D eigenvalue weighted by atomic mass is 16.5. The van der Waals surface area contributed by atoms with E-state index in [1.807, 2.05) is 0 Å². The second kappa shape index (κ2) is 10.2. The normalized spacial score (nSPS) is 10.2. The molecule has 4 N–H and O–H groups in total. The van der Waals surface area contributed by atoms with Gasteiger partial charge in [-0.05, 0) is 13.8 Å². The van der Waals surface area contributed by atoms with Crippen LogP contribution in [0.5, 0.6) is 0 Å². The van der Waals surface area contributed by atoms with Crippen LogP contribution in [-0.4, -0.2) is 59.4 Å². The first-order chi connectivity index (χ1) is 7.92. The van der Waals surface area contributed by atoms with Crippen LogP contribution in [0.2, 0.25) is 0 Å². The van der Waals surface area contributed by atoms with Gasteiger partial charge in [-0.25, -0.2) is 4.79 Å². The molecule has 102 valence electrons. The zero-order valence-electron chi connectivity index (χ0n) is 10.3. The lowest BCUT2D eigenvalue weighted by Crippen LogP contribution is -2.37. The molecule has 0 saturated carbocycles. The predicted octanol–water partition coefficient (Wildman–Crippen LogP) is -0.932. The van der Waals surface area contributed by atoms with Crippen LogP contribution in [0.3, 0.4) is 0 Å². The standard InChI is InChI=1S/C6H10O2.C5H12O4/c1-4-8-6(7)5(2)3;6-1-5(2-7,3-8)4-9/h2,4H2,1,3H3;6-9H,1-4H2. The summed E-state index contributed by atoms with van der Waals surface area (Å²) in [6, 6.07) is 0. The topological polar surface area (TPSA) is 107 Å². The number of esters is 1. The Hall–Kier alpha value is -0.950. The molecule has 0 aliphatic heterocycles. The molecule has 0 aliphatic carbocycles. The van der Waals surface area contributed by atoms with Crippen LogP contribution in [-0.2, 0) is 9.53 Å². The van der Waals surface area contributed by atoms with Crippen molar-refractivity contribution < 1.29 is 30.0 Å². The molecule has 0 aliphatic rings. The zero-order valence-corrected chi connectivity index (χ0v) is 10.3. The average molecular weight is 250 g/mol. The average Bonchev–Trinajstić information content (AvgIpc) is 2.34. The van der Waals surface area contributed by atoms with Crippen LogP contribution in [0.25, 0.3) is 0 Å². The minimum atomic E-state index is -1.11. The Morgan fingerprint density at radius 3 is 1.53 bits per heavy atom. The van der Waals surface area contributed by atoms with E-state index in [0.717, 1.165) is 0 Å². The summed E-state index contributed by atoms with van der Waals surface area (Å²) in [5.74, 6) is -0.312. The second-order valence-corrected chi connectivity index (χ2v) is 3.63. The molecule has 0 saturated heterocycles. The van der Waals surface area contributed by atoms with Gasteiger partial charge in [-0.15, -0.1) is 0 Å². The van der Waals surface area contributed by atoms with Crippen molar-refractivity contribution in [2.45, 2.75) is 13.8 Å². The summed E-state index contributed by atoms with van der Waals surface area (Å²) in [7, 11) is 0. The third-order valence-corrected chi connectivity index (χ3v) is 1.97. The molecule has 0 aromatic rings. The SMILES string of the molecule is C=C(C)C(=O)OCC.OCC(CO)(CO)CO. The molecule has 0 heterocycles. The maximum atomic E-state index is 10.4. The number of hydrogen-bond acceptors (Lipinski definition) is 6. The van der Waals surface area contributed by atoms with Crippen LogP contribution < -0.4 is 0 Å².